The third-order valence-electron chi connectivity index (χ3n) is 0.0714. The molecule has 0 N–H and O–H groups in total. The minimum absolute atomic E-state index is 0.557. The first kappa shape index (κ1) is 10.6. The molecule has 0 saturated heterocycles. The molecular weight excluding hydrogens is 154 g/mol. The van der Waals surface area contributed by atoms with Crippen LogP contribution in [0.1, 0.15) is 0 Å². The maximum absolute atomic E-state index is 5.05. The van der Waals surface area contributed by atoms with Crippen LogP contribution in [0.5, 0.6) is 0 Å². The third kappa shape index (κ3) is 54.2. The zero-order valence-corrected chi connectivity index (χ0v) is 6.10. The smallest absolute Gasteiger partial charge is 0.0359 e. The summed E-state index contributed by atoms with van der Waals surface area (Å²) in [6.45, 7) is 3.13. The Balaban J connectivity index is 0. The molecule has 0 aliphatic carbocycles. The highest BCUT2D eigenvalue weighted by Gasteiger charge is 1.61. The van der Waals surface area contributed by atoms with Crippen LogP contribution in [0.15, 0.2) is 12.1 Å². The molecular formula is C4H7Cl3. The van der Waals surface area contributed by atoms with Crippen molar-refractivity contribution in [3.05, 3.63) is 12.1 Å². The van der Waals surface area contributed by atoms with Gasteiger partial charge in [0, 0.05) is 11.8 Å². The Morgan fingerprint density at radius 1 is 1.29 bits per heavy atom. The second kappa shape index (κ2) is 16.0. The van der Waals surface area contributed by atoms with Crippen molar-refractivity contribution in [2.75, 3.05) is 11.8 Å². The van der Waals surface area contributed by atoms with Gasteiger partial charge in [-0.05, 0) is 5.54 Å². The van der Waals surface area contributed by atoms with Gasteiger partial charge in [-0.3, -0.25) is 0 Å². The van der Waals surface area contributed by atoms with Crippen LogP contribution in [0.3, 0.4) is 0 Å². The van der Waals surface area contributed by atoms with E-state index in [0.717, 1.165) is 0 Å². The van der Waals surface area contributed by atoms with Gasteiger partial charge < -0.3 is 0 Å². The van der Waals surface area contributed by atoms with Crippen molar-refractivity contribution >= 4 is 34.8 Å². The lowest BCUT2D eigenvalue weighted by molar-refractivity contribution is 1.52. The fourth-order valence-electron chi connectivity index (χ4n) is 0. The zero-order valence-electron chi connectivity index (χ0n) is 3.83. The number of alkyl halides is 2. The highest BCUT2D eigenvalue weighted by Crippen LogP contribution is 1.75. The molecule has 0 aromatic carbocycles. The average molecular weight is 161 g/mol. The molecule has 0 nitrogen and oxygen atoms in total. The van der Waals surface area contributed by atoms with Gasteiger partial charge in [-0.1, -0.05) is 18.2 Å². The summed E-state index contributed by atoms with van der Waals surface area (Å²) in [6.07, 6.45) is 0. The SMILES string of the molecule is C=CCl.ClCCCl. The molecule has 0 aromatic heterocycles. The fourth-order valence-corrected chi connectivity index (χ4v) is 0. The van der Waals surface area contributed by atoms with Crippen molar-refractivity contribution in [1.82, 2.24) is 0 Å². The molecule has 7 heavy (non-hydrogen) atoms. The van der Waals surface area contributed by atoms with Gasteiger partial charge in [-0.25, -0.2) is 0 Å². The van der Waals surface area contributed by atoms with Crippen molar-refractivity contribution in [2.24, 2.45) is 0 Å². The lowest BCUT2D eigenvalue weighted by atomic mass is 11.0. The predicted octanol–water partition coefficient (Wildman–Crippen LogP) is 2.83. The van der Waals surface area contributed by atoms with Crippen molar-refractivity contribution in [2.45, 2.75) is 0 Å². The van der Waals surface area contributed by atoms with Crippen LogP contribution in [0.25, 0.3) is 0 Å². The van der Waals surface area contributed by atoms with Gasteiger partial charge in [0.15, 0.2) is 0 Å². The summed E-state index contributed by atoms with van der Waals surface area (Å²) in [5.41, 5.74) is 1.22. The van der Waals surface area contributed by atoms with Crippen molar-refractivity contribution in [3.63, 3.8) is 0 Å². The van der Waals surface area contributed by atoms with E-state index in [0.29, 0.717) is 11.8 Å². The van der Waals surface area contributed by atoms with Gasteiger partial charge in [-0.15, -0.1) is 23.2 Å². The van der Waals surface area contributed by atoms with Gasteiger partial charge in [0.05, 0.1) is 0 Å². The molecule has 0 bridgehead atoms. The van der Waals surface area contributed by atoms with Gasteiger partial charge in [0.1, 0.15) is 0 Å². The second-order valence-corrected chi connectivity index (χ2v) is 1.60. The maximum Gasteiger partial charge on any atom is 0.0359 e. The van der Waals surface area contributed by atoms with Crippen molar-refractivity contribution in [1.29, 1.82) is 0 Å². The van der Waals surface area contributed by atoms with E-state index in [1.165, 1.54) is 5.54 Å². The van der Waals surface area contributed by atoms with Crippen molar-refractivity contribution < 1.29 is 0 Å². The molecule has 0 spiro atoms. The van der Waals surface area contributed by atoms with E-state index in [1.54, 1.807) is 0 Å². The monoisotopic (exact) mass is 160 g/mol. The summed E-state index contributed by atoms with van der Waals surface area (Å²) < 4.78 is 0. The Labute approximate surface area is 59.1 Å². The zero-order chi connectivity index (χ0) is 6.12. The molecule has 0 fully saturated rings. The molecule has 0 aliphatic heterocycles. The first-order valence-electron chi connectivity index (χ1n) is 1.66. The van der Waals surface area contributed by atoms with Crippen LogP contribution in [-0.4, -0.2) is 11.8 Å². The van der Waals surface area contributed by atoms with E-state index in [-0.39, 0.29) is 0 Å². The van der Waals surface area contributed by atoms with Crippen LogP contribution in [0.2, 0.25) is 0 Å². The van der Waals surface area contributed by atoms with E-state index in [2.05, 4.69) is 6.58 Å². The van der Waals surface area contributed by atoms with Crippen molar-refractivity contribution in [3.8, 4) is 0 Å². The third-order valence-corrected chi connectivity index (χ3v) is 0.643. The van der Waals surface area contributed by atoms with Crippen LogP contribution in [0, 0.1) is 0 Å². The molecule has 0 atom stereocenters. The first-order valence-corrected chi connectivity index (χ1v) is 3.17. The summed E-state index contributed by atoms with van der Waals surface area (Å²) in [5.74, 6) is 1.11. The summed E-state index contributed by atoms with van der Waals surface area (Å²) in [5, 5.41) is 0. The highest BCUT2D eigenvalue weighted by atomic mass is 35.5. The largest absolute Gasteiger partial charge is 0.125 e. The number of hydrogen-bond donors (Lipinski definition) is 0. The highest BCUT2D eigenvalue weighted by molar-refractivity contribution is 6.26. The molecule has 0 rings (SSSR count). The minimum atomic E-state index is 0.557. The number of halogens is 3. The van der Waals surface area contributed by atoms with E-state index in [4.69, 9.17) is 34.8 Å². The normalized spacial score (nSPS) is 6.14. The molecule has 0 heterocycles. The van der Waals surface area contributed by atoms with E-state index < -0.39 is 0 Å². The molecule has 3 heteroatoms. The Bertz CT molecular complexity index is 26.1. The van der Waals surface area contributed by atoms with Crippen LogP contribution in [0.4, 0.5) is 0 Å². The summed E-state index contributed by atoms with van der Waals surface area (Å²) in [7, 11) is 0. The minimum Gasteiger partial charge on any atom is -0.125 e. The summed E-state index contributed by atoms with van der Waals surface area (Å²) in [6, 6.07) is 0. The lowest BCUT2D eigenvalue weighted by Crippen LogP contribution is -1.63. The molecule has 0 aliphatic rings. The lowest BCUT2D eigenvalue weighted by Gasteiger charge is -1.63. The van der Waals surface area contributed by atoms with Gasteiger partial charge in [-0.2, -0.15) is 0 Å². The molecule has 0 radical (unpaired) electrons. The quantitative estimate of drug-likeness (QED) is 0.519. The Morgan fingerprint density at radius 3 is 1.43 bits per heavy atom. The van der Waals surface area contributed by atoms with Gasteiger partial charge in [0.2, 0.25) is 0 Å². The molecule has 0 unspecified atom stereocenters. The number of rotatable bonds is 1. The molecule has 0 saturated carbocycles. The van der Waals surface area contributed by atoms with Crippen LogP contribution >= 0.6 is 34.8 Å². The predicted molar refractivity (Wildman–Crippen MR) is 37.5 cm³/mol. The summed E-state index contributed by atoms with van der Waals surface area (Å²) >= 11 is 14.9. The molecule has 0 aromatic rings. The van der Waals surface area contributed by atoms with Gasteiger partial charge >= 0.3 is 0 Å². The second-order valence-electron chi connectivity index (χ2n) is 0.532. The van der Waals surface area contributed by atoms with Crippen LogP contribution in [-0.2, 0) is 0 Å². The summed E-state index contributed by atoms with van der Waals surface area (Å²) in [4.78, 5) is 0. The Hall–Kier alpha value is 0.610. The van der Waals surface area contributed by atoms with E-state index in [1.807, 2.05) is 0 Å². The molecule has 44 valence electrons. The molecule has 0 amide bonds. The first-order chi connectivity index (χ1) is 3.33. The number of hydrogen-bond acceptors (Lipinski definition) is 0. The standard InChI is InChI=1S/C2H4Cl2.C2H3Cl/c3-1-2-4;1-2-3/h1-2H2;2H,1H2. The van der Waals surface area contributed by atoms with E-state index >= 15 is 0 Å². The maximum atomic E-state index is 5.05. The van der Waals surface area contributed by atoms with E-state index in [9.17, 15) is 0 Å². The van der Waals surface area contributed by atoms with Crippen LogP contribution < -0.4 is 0 Å². The Morgan fingerprint density at radius 2 is 1.43 bits per heavy atom. The topological polar surface area (TPSA) is 0 Å². The Kier molecular flexibility index (Phi) is 24.1. The fraction of sp³-hybridized carbons (Fsp3) is 0.500. The average Bonchev–Trinajstić information content (AvgIpc) is 1.69. The van der Waals surface area contributed by atoms with Gasteiger partial charge in [0.25, 0.3) is 0 Å².